The topological polar surface area (TPSA) is 95.9 Å². The van der Waals surface area contributed by atoms with Gasteiger partial charge in [-0.3, -0.25) is 0 Å². The van der Waals surface area contributed by atoms with Crippen LogP contribution in [0.2, 0.25) is 0 Å². The highest BCUT2D eigenvalue weighted by molar-refractivity contribution is 7.89. The van der Waals surface area contributed by atoms with Crippen molar-refractivity contribution in [1.29, 1.82) is 0 Å². The SMILES string of the molecule is CC(C)(C)NS(=O)(=O)c1ccccc1B(O)OC(C)(C)C(C)(C)O. The van der Waals surface area contributed by atoms with Crippen LogP contribution in [0.3, 0.4) is 0 Å². The minimum atomic E-state index is -3.84. The Hall–Kier alpha value is -0.925. The smallest absolute Gasteiger partial charge is 0.423 e. The molecule has 0 aliphatic heterocycles. The van der Waals surface area contributed by atoms with Crippen LogP contribution in [0.5, 0.6) is 0 Å². The molecule has 0 aliphatic rings. The van der Waals surface area contributed by atoms with Crippen molar-refractivity contribution >= 4 is 22.6 Å². The van der Waals surface area contributed by atoms with Crippen LogP contribution < -0.4 is 10.2 Å². The van der Waals surface area contributed by atoms with E-state index in [0.717, 1.165) is 0 Å². The molecule has 0 aromatic heterocycles. The summed E-state index contributed by atoms with van der Waals surface area (Å²) in [6, 6.07) is 6.10. The van der Waals surface area contributed by atoms with Crippen molar-refractivity contribution in [3.63, 3.8) is 0 Å². The van der Waals surface area contributed by atoms with Crippen molar-refractivity contribution < 1.29 is 23.2 Å². The highest BCUT2D eigenvalue weighted by atomic mass is 32.2. The summed E-state index contributed by atoms with van der Waals surface area (Å²) in [6.45, 7) is 11.6. The fraction of sp³-hybridized carbons (Fsp3) is 0.625. The first-order valence-corrected chi connectivity index (χ1v) is 9.26. The van der Waals surface area contributed by atoms with Gasteiger partial charge in [-0.05, 0) is 54.5 Å². The maximum Gasteiger partial charge on any atom is 0.493 e. The lowest BCUT2D eigenvalue weighted by atomic mass is 9.76. The molecule has 0 unspecified atom stereocenters. The summed E-state index contributed by atoms with van der Waals surface area (Å²) in [5.41, 5.74) is -2.87. The minimum Gasteiger partial charge on any atom is -0.423 e. The van der Waals surface area contributed by atoms with Crippen LogP contribution in [0.15, 0.2) is 29.2 Å². The summed E-state index contributed by atoms with van der Waals surface area (Å²) in [5.74, 6) is 0. The van der Waals surface area contributed by atoms with E-state index in [9.17, 15) is 18.5 Å². The summed E-state index contributed by atoms with van der Waals surface area (Å²) in [5, 5.41) is 20.6. The molecular weight excluding hydrogens is 329 g/mol. The summed E-state index contributed by atoms with van der Waals surface area (Å²) >= 11 is 0. The molecule has 0 radical (unpaired) electrons. The monoisotopic (exact) mass is 357 g/mol. The first-order valence-electron chi connectivity index (χ1n) is 7.78. The van der Waals surface area contributed by atoms with E-state index in [1.807, 2.05) is 0 Å². The van der Waals surface area contributed by atoms with E-state index in [1.54, 1.807) is 60.6 Å². The van der Waals surface area contributed by atoms with Crippen molar-refractivity contribution in [1.82, 2.24) is 4.72 Å². The van der Waals surface area contributed by atoms with Crippen molar-refractivity contribution in [2.75, 3.05) is 0 Å². The second kappa shape index (κ2) is 6.76. The Balaban J connectivity index is 3.24. The lowest BCUT2D eigenvalue weighted by Gasteiger charge is -2.38. The van der Waals surface area contributed by atoms with Gasteiger partial charge in [0.25, 0.3) is 0 Å². The molecule has 6 nitrogen and oxygen atoms in total. The Morgan fingerprint density at radius 1 is 1.04 bits per heavy atom. The molecule has 0 aliphatic carbocycles. The van der Waals surface area contributed by atoms with E-state index >= 15 is 0 Å². The van der Waals surface area contributed by atoms with Gasteiger partial charge in [0.1, 0.15) is 0 Å². The second-order valence-corrected chi connectivity index (χ2v) is 9.58. The van der Waals surface area contributed by atoms with Crippen molar-refractivity contribution in [2.24, 2.45) is 0 Å². The standard InChI is InChI=1S/C16H28BNO5S/c1-14(2,3)18-24(21,22)13-11-9-8-10-12(13)17(20)23-16(6,7)15(4,5)19/h8-11,18-20H,1-7H3. The molecule has 1 aromatic rings. The number of hydrogen-bond acceptors (Lipinski definition) is 5. The number of nitrogens with one attached hydrogen (secondary N) is 1. The molecule has 0 amide bonds. The number of hydrogen-bond donors (Lipinski definition) is 3. The van der Waals surface area contributed by atoms with Gasteiger partial charge < -0.3 is 14.8 Å². The van der Waals surface area contributed by atoms with E-state index in [0.29, 0.717) is 0 Å². The first kappa shape index (κ1) is 21.1. The number of aliphatic hydroxyl groups is 1. The zero-order valence-electron chi connectivity index (χ0n) is 15.4. The quantitative estimate of drug-likeness (QED) is 0.661. The van der Waals surface area contributed by atoms with Gasteiger partial charge in [-0.2, -0.15) is 0 Å². The van der Waals surface area contributed by atoms with Crippen LogP contribution in [0.1, 0.15) is 48.5 Å². The predicted octanol–water partition coefficient (Wildman–Crippen LogP) is 1.02. The molecule has 0 heterocycles. The van der Waals surface area contributed by atoms with Gasteiger partial charge in [0.2, 0.25) is 10.0 Å². The fourth-order valence-corrected chi connectivity index (χ4v) is 3.53. The molecule has 0 spiro atoms. The van der Waals surface area contributed by atoms with Gasteiger partial charge in [-0.25, -0.2) is 13.1 Å². The number of rotatable bonds is 6. The van der Waals surface area contributed by atoms with Gasteiger partial charge in [-0.1, -0.05) is 18.2 Å². The van der Waals surface area contributed by atoms with E-state index in [2.05, 4.69) is 4.72 Å². The third-order valence-electron chi connectivity index (χ3n) is 3.79. The fourth-order valence-electron chi connectivity index (χ4n) is 1.87. The molecule has 1 rings (SSSR count). The van der Waals surface area contributed by atoms with E-state index in [-0.39, 0.29) is 10.4 Å². The molecule has 0 saturated heterocycles. The van der Waals surface area contributed by atoms with Crippen molar-refractivity contribution in [3.8, 4) is 0 Å². The molecule has 24 heavy (non-hydrogen) atoms. The maximum atomic E-state index is 12.6. The average molecular weight is 357 g/mol. The highest BCUT2D eigenvalue weighted by Gasteiger charge is 2.41. The van der Waals surface area contributed by atoms with Crippen LogP contribution in [-0.4, -0.2) is 42.4 Å². The third kappa shape index (κ3) is 5.29. The lowest BCUT2D eigenvalue weighted by Crippen LogP contribution is -2.54. The van der Waals surface area contributed by atoms with E-state index < -0.39 is 33.9 Å². The lowest BCUT2D eigenvalue weighted by molar-refractivity contribution is -0.0983. The van der Waals surface area contributed by atoms with Crippen molar-refractivity contribution in [2.45, 2.75) is 70.1 Å². The summed E-state index contributed by atoms with van der Waals surface area (Å²) in [6.07, 6.45) is 0. The molecule has 0 saturated carbocycles. The highest BCUT2D eigenvalue weighted by Crippen LogP contribution is 2.25. The summed E-state index contributed by atoms with van der Waals surface area (Å²) in [4.78, 5) is -0.0565. The van der Waals surface area contributed by atoms with Gasteiger partial charge in [-0.15, -0.1) is 0 Å². The first-order chi connectivity index (χ1) is 10.6. The minimum absolute atomic E-state index is 0.0565. The van der Waals surface area contributed by atoms with Crippen molar-refractivity contribution in [3.05, 3.63) is 24.3 Å². The number of sulfonamides is 1. The van der Waals surface area contributed by atoms with Crippen LogP contribution in [-0.2, 0) is 14.7 Å². The molecule has 3 N–H and O–H groups in total. The van der Waals surface area contributed by atoms with E-state index in [1.165, 1.54) is 12.1 Å². The zero-order chi connectivity index (χ0) is 19.0. The third-order valence-corrected chi connectivity index (χ3v) is 5.63. The van der Waals surface area contributed by atoms with Gasteiger partial charge in [0, 0.05) is 11.0 Å². The average Bonchev–Trinajstić information content (AvgIpc) is 2.34. The summed E-state index contributed by atoms with van der Waals surface area (Å²) < 4.78 is 33.3. The molecule has 136 valence electrons. The largest absolute Gasteiger partial charge is 0.493 e. The Morgan fingerprint density at radius 3 is 2.00 bits per heavy atom. The van der Waals surface area contributed by atoms with Gasteiger partial charge >= 0.3 is 7.12 Å². The molecule has 1 aromatic carbocycles. The molecule has 0 atom stereocenters. The molecule has 8 heteroatoms. The second-order valence-electron chi connectivity index (χ2n) is 7.93. The molecular formula is C16H28BNO5S. The van der Waals surface area contributed by atoms with Crippen LogP contribution in [0.4, 0.5) is 0 Å². The molecule has 0 fully saturated rings. The van der Waals surface area contributed by atoms with Gasteiger partial charge in [0.15, 0.2) is 0 Å². The zero-order valence-corrected chi connectivity index (χ0v) is 16.2. The number of benzene rings is 1. The van der Waals surface area contributed by atoms with Gasteiger partial charge in [0.05, 0.1) is 16.1 Å². The Labute approximate surface area is 145 Å². The Bertz CT molecular complexity index is 674. The summed E-state index contributed by atoms with van der Waals surface area (Å²) in [7, 11) is -5.34. The normalized spacial score (nSPS) is 13.9. The molecule has 0 bridgehead atoms. The van der Waals surface area contributed by atoms with Crippen LogP contribution in [0.25, 0.3) is 0 Å². The Morgan fingerprint density at radius 2 is 1.54 bits per heavy atom. The van der Waals surface area contributed by atoms with E-state index in [4.69, 9.17) is 4.65 Å². The van der Waals surface area contributed by atoms with Crippen LogP contribution >= 0.6 is 0 Å². The predicted molar refractivity (Wildman–Crippen MR) is 95.6 cm³/mol. The van der Waals surface area contributed by atoms with Crippen LogP contribution in [0, 0.1) is 0 Å². The maximum absolute atomic E-state index is 12.6. The Kier molecular flexibility index (Phi) is 5.95.